The molecule has 2 unspecified atom stereocenters. The van der Waals surface area contributed by atoms with Crippen LogP contribution in [-0.4, -0.2) is 22.7 Å². The summed E-state index contributed by atoms with van der Waals surface area (Å²) in [6.45, 7) is 0.247. The van der Waals surface area contributed by atoms with E-state index in [0.29, 0.717) is 12.0 Å². The van der Waals surface area contributed by atoms with E-state index in [0.717, 1.165) is 34.4 Å². The SMILES string of the molecule is Nc1c(NC2CCCCC2CO)ccc2scnc12. The number of aliphatic hydroxyl groups is 1. The maximum atomic E-state index is 9.47. The Morgan fingerprint density at radius 3 is 3.05 bits per heavy atom. The first-order chi connectivity index (χ1) is 9.29. The number of anilines is 2. The van der Waals surface area contributed by atoms with Crippen molar-refractivity contribution in [1.82, 2.24) is 4.98 Å². The Morgan fingerprint density at radius 1 is 1.37 bits per heavy atom. The molecule has 102 valence electrons. The van der Waals surface area contributed by atoms with E-state index in [1.54, 1.807) is 11.3 Å². The molecule has 2 atom stereocenters. The van der Waals surface area contributed by atoms with Crippen LogP contribution in [0.1, 0.15) is 25.7 Å². The van der Waals surface area contributed by atoms with Crippen molar-refractivity contribution in [3.63, 3.8) is 0 Å². The molecule has 4 N–H and O–H groups in total. The smallest absolute Gasteiger partial charge is 0.106 e. The average Bonchev–Trinajstić information content (AvgIpc) is 2.92. The molecule has 4 nitrogen and oxygen atoms in total. The molecule has 1 aromatic heterocycles. The van der Waals surface area contributed by atoms with Gasteiger partial charge in [0, 0.05) is 18.6 Å². The zero-order valence-corrected chi connectivity index (χ0v) is 11.6. The van der Waals surface area contributed by atoms with E-state index in [-0.39, 0.29) is 6.61 Å². The number of nitrogens with two attached hydrogens (primary N) is 1. The fourth-order valence-electron chi connectivity index (χ4n) is 2.89. The highest BCUT2D eigenvalue weighted by molar-refractivity contribution is 7.16. The van der Waals surface area contributed by atoms with E-state index in [1.165, 1.54) is 12.8 Å². The van der Waals surface area contributed by atoms with Gasteiger partial charge in [-0.2, -0.15) is 0 Å². The summed E-state index contributed by atoms with van der Waals surface area (Å²) in [5.74, 6) is 0.333. The molecule has 1 aliphatic carbocycles. The van der Waals surface area contributed by atoms with Crippen molar-refractivity contribution in [2.24, 2.45) is 5.92 Å². The molecule has 5 heteroatoms. The standard InChI is InChI=1S/C14H19N3OS/c15-13-11(5-6-12-14(13)16-8-19-12)17-10-4-2-1-3-9(10)7-18/h5-6,8-10,17-18H,1-4,7,15H2. The lowest BCUT2D eigenvalue weighted by Gasteiger charge is -2.32. The quantitative estimate of drug-likeness (QED) is 0.754. The van der Waals surface area contributed by atoms with Crippen molar-refractivity contribution in [1.29, 1.82) is 0 Å². The van der Waals surface area contributed by atoms with Crippen LogP contribution < -0.4 is 11.1 Å². The van der Waals surface area contributed by atoms with Gasteiger partial charge in [-0.15, -0.1) is 11.3 Å². The summed E-state index contributed by atoms with van der Waals surface area (Å²) in [6.07, 6.45) is 4.61. The summed E-state index contributed by atoms with van der Waals surface area (Å²) in [7, 11) is 0. The largest absolute Gasteiger partial charge is 0.396 e. The number of nitrogens with one attached hydrogen (secondary N) is 1. The first kappa shape index (κ1) is 12.7. The zero-order valence-electron chi connectivity index (χ0n) is 10.8. The monoisotopic (exact) mass is 277 g/mol. The molecule has 0 saturated heterocycles. The summed E-state index contributed by atoms with van der Waals surface area (Å²) in [4.78, 5) is 4.32. The molecule has 19 heavy (non-hydrogen) atoms. The molecule has 0 spiro atoms. The van der Waals surface area contributed by atoms with Crippen LogP contribution in [0.2, 0.25) is 0 Å². The number of nitrogens with zero attached hydrogens (tertiary/aromatic N) is 1. The van der Waals surface area contributed by atoms with Gasteiger partial charge in [-0.05, 0) is 25.0 Å². The second-order valence-electron chi connectivity index (χ2n) is 5.20. The van der Waals surface area contributed by atoms with Gasteiger partial charge in [0.05, 0.1) is 21.6 Å². The van der Waals surface area contributed by atoms with E-state index >= 15 is 0 Å². The fourth-order valence-corrected chi connectivity index (χ4v) is 3.59. The molecule has 1 aromatic carbocycles. The summed E-state index contributed by atoms with van der Waals surface area (Å²) in [5.41, 5.74) is 10.6. The van der Waals surface area contributed by atoms with Crippen molar-refractivity contribution in [3.8, 4) is 0 Å². The van der Waals surface area contributed by atoms with Crippen molar-refractivity contribution in [2.45, 2.75) is 31.7 Å². The lowest BCUT2D eigenvalue weighted by molar-refractivity contribution is 0.178. The molecule has 0 radical (unpaired) electrons. The highest BCUT2D eigenvalue weighted by Crippen LogP contribution is 2.33. The number of thiazole rings is 1. The van der Waals surface area contributed by atoms with E-state index in [1.807, 2.05) is 11.6 Å². The van der Waals surface area contributed by atoms with Gasteiger partial charge in [0.25, 0.3) is 0 Å². The third-order valence-corrected chi connectivity index (χ3v) is 4.82. The van der Waals surface area contributed by atoms with Gasteiger partial charge in [-0.3, -0.25) is 0 Å². The second-order valence-corrected chi connectivity index (χ2v) is 6.09. The lowest BCUT2D eigenvalue weighted by atomic mass is 9.85. The van der Waals surface area contributed by atoms with Crippen LogP contribution in [0.5, 0.6) is 0 Å². The minimum atomic E-state index is 0.247. The van der Waals surface area contributed by atoms with Crippen LogP contribution in [-0.2, 0) is 0 Å². The molecule has 0 bridgehead atoms. The topological polar surface area (TPSA) is 71.2 Å². The zero-order chi connectivity index (χ0) is 13.2. The average molecular weight is 277 g/mol. The summed E-state index contributed by atoms with van der Waals surface area (Å²) >= 11 is 1.60. The number of nitrogen functional groups attached to an aromatic ring is 1. The lowest BCUT2D eigenvalue weighted by Crippen LogP contribution is -2.34. The number of benzene rings is 1. The summed E-state index contributed by atoms with van der Waals surface area (Å²) < 4.78 is 1.12. The van der Waals surface area contributed by atoms with Crippen LogP contribution in [0.3, 0.4) is 0 Å². The van der Waals surface area contributed by atoms with Crippen LogP contribution in [0, 0.1) is 5.92 Å². The number of hydrogen-bond acceptors (Lipinski definition) is 5. The van der Waals surface area contributed by atoms with Gasteiger partial charge in [0.1, 0.15) is 5.52 Å². The second kappa shape index (κ2) is 5.35. The van der Waals surface area contributed by atoms with Crippen LogP contribution in [0.25, 0.3) is 10.2 Å². The summed E-state index contributed by atoms with van der Waals surface area (Å²) in [5, 5.41) is 13.0. The molecule has 2 aromatic rings. The Labute approximate surface area is 116 Å². The Bertz CT molecular complexity index is 569. The number of hydrogen-bond donors (Lipinski definition) is 3. The molecule has 0 amide bonds. The maximum absolute atomic E-state index is 9.47. The van der Waals surface area contributed by atoms with Crippen molar-refractivity contribution >= 4 is 32.9 Å². The van der Waals surface area contributed by atoms with Gasteiger partial charge in [0.15, 0.2) is 0 Å². The molecule has 1 heterocycles. The Kier molecular flexibility index (Phi) is 3.57. The third-order valence-electron chi connectivity index (χ3n) is 4.03. The molecule has 0 aliphatic heterocycles. The van der Waals surface area contributed by atoms with Crippen molar-refractivity contribution < 1.29 is 5.11 Å². The van der Waals surface area contributed by atoms with E-state index in [9.17, 15) is 5.11 Å². The normalized spacial score (nSPS) is 23.6. The van der Waals surface area contributed by atoms with Crippen molar-refractivity contribution in [3.05, 3.63) is 17.6 Å². The molecular weight excluding hydrogens is 258 g/mol. The predicted octanol–water partition coefficient (Wildman–Crippen LogP) is 2.84. The third kappa shape index (κ3) is 2.40. The first-order valence-electron chi connectivity index (χ1n) is 6.78. The van der Waals surface area contributed by atoms with Crippen LogP contribution >= 0.6 is 11.3 Å². The molecule has 1 aliphatic rings. The van der Waals surface area contributed by atoms with Crippen LogP contribution in [0.4, 0.5) is 11.4 Å². The first-order valence-corrected chi connectivity index (χ1v) is 7.66. The highest BCUT2D eigenvalue weighted by atomic mass is 32.1. The number of aliphatic hydroxyl groups excluding tert-OH is 1. The Morgan fingerprint density at radius 2 is 2.21 bits per heavy atom. The number of aromatic nitrogens is 1. The number of rotatable bonds is 3. The molecule has 1 saturated carbocycles. The highest BCUT2D eigenvalue weighted by Gasteiger charge is 2.25. The van der Waals surface area contributed by atoms with Gasteiger partial charge in [0.2, 0.25) is 0 Å². The minimum absolute atomic E-state index is 0.247. The van der Waals surface area contributed by atoms with Crippen molar-refractivity contribution in [2.75, 3.05) is 17.7 Å². The van der Waals surface area contributed by atoms with Gasteiger partial charge in [-0.1, -0.05) is 12.8 Å². The maximum Gasteiger partial charge on any atom is 0.106 e. The van der Waals surface area contributed by atoms with Gasteiger partial charge < -0.3 is 16.2 Å². The van der Waals surface area contributed by atoms with E-state index < -0.39 is 0 Å². The predicted molar refractivity (Wildman–Crippen MR) is 80.5 cm³/mol. The Hall–Kier alpha value is -1.33. The molecule has 3 rings (SSSR count). The van der Waals surface area contributed by atoms with Gasteiger partial charge in [-0.25, -0.2) is 4.98 Å². The van der Waals surface area contributed by atoms with E-state index in [4.69, 9.17) is 5.73 Å². The number of fused-ring (bicyclic) bond motifs is 1. The molecular formula is C14H19N3OS. The fraction of sp³-hybridized carbons (Fsp3) is 0.500. The molecule has 1 fully saturated rings. The summed E-state index contributed by atoms with van der Waals surface area (Å²) in [6, 6.07) is 4.40. The van der Waals surface area contributed by atoms with Crippen LogP contribution in [0.15, 0.2) is 17.6 Å². The Balaban J connectivity index is 1.85. The van der Waals surface area contributed by atoms with E-state index in [2.05, 4.69) is 16.4 Å². The van der Waals surface area contributed by atoms with Gasteiger partial charge >= 0.3 is 0 Å². The minimum Gasteiger partial charge on any atom is -0.396 e.